The maximum absolute atomic E-state index is 6.04. The van der Waals surface area contributed by atoms with Gasteiger partial charge in [0.2, 0.25) is 0 Å². The highest BCUT2D eigenvalue weighted by molar-refractivity contribution is 5.37. The summed E-state index contributed by atoms with van der Waals surface area (Å²) in [5, 5.41) is 0. The predicted octanol–water partition coefficient (Wildman–Crippen LogP) is 3.15. The monoisotopic (exact) mass is 373 g/mol. The Morgan fingerprint density at radius 1 is 1.04 bits per heavy atom. The summed E-state index contributed by atoms with van der Waals surface area (Å²) in [6.45, 7) is 8.07. The molecule has 1 heterocycles. The van der Waals surface area contributed by atoms with Gasteiger partial charge in [0.05, 0.1) is 6.61 Å². The van der Waals surface area contributed by atoms with E-state index in [4.69, 9.17) is 4.74 Å². The van der Waals surface area contributed by atoms with Crippen molar-refractivity contribution in [1.82, 2.24) is 14.7 Å². The second kappa shape index (κ2) is 10.4. The van der Waals surface area contributed by atoms with Crippen LogP contribution >= 0.6 is 0 Å². The fourth-order valence-electron chi connectivity index (χ4n) is 4.39. The van der Waals surface area contributed by atoms with E-state index in [1.807, 2.05) is 0 Å². The van der Waals surface area contributed by atoms with Crippen LogP contribution in [0, 0.1) is 5.92 Å². The first-order valence-corrected chi connectivity index (χ1v) is 10.9. The molecular weight excluding hydrogens is 334 g/mol. The lowest BCUT2D eigenvalue weighted by Crippen LogP contribution is -2.30. The van der Waals surface area contributed by atoms with Crippen LogP contribution < -0.4 is 4.74 Å². The van der Waals surface area contributed by atoms with Gasteiger partial charge in [0.25, 0.3) is 0 Å². The van der Waals surface area contributed by atoms with Gasteiger partial charge < -0.3 is 19.4 Å². The molecule has 0 bridgehead atoms. The van der Waals surface area contributed by atoms with Crippen LogP contribution in [0.1, 0.15) is 36.8 Å². The SMILES string of the molecule is CN(C)CCN(C)CCCOc1ccc2c(c1)CCC(CN1CCCC1)C2. The lowest BCUT2D eigenvalue weighted by molar-refractivity contribution is 0.244. The summed E-state index contributed by atoms with van der Waals surface area (Å²) in [7, 11) is 6.45. The number of fused-ring (bicyclic) bond motifs is 1. The van der Waals surface area contributed by atoms with Crippen LogP contribution in [0.3, 0.4) is 0 Å². The van der Waals surface area contributed by atoms with Crippen molar-refractivity contribution in [2.24, 2.45) is 5.92 Å². The molecule has 1 saturated heterocycles. The van der Waals surface area contributed by atoms with Gasteiger partial charge in [0, 0.05) is 26.2 Å². The van der Waals surface area contributed by atoms with Crippen LogP contribution in [-0.2, 0) is 12.8 Å². The lowest BCUT2D eigenvalue weighted by Gasteiger charge is -2.28. The predicted molar refractivity (Wildman–Crippen MR) is 114 cm³/mol. The zero-order valence-electron chi connectivity index (χ0n) is 17.8. The van der Waals surface area contributed by atoms with Crippen molar-refractivity contribution in [3.8, 4) is 5.75 Å². The summed E-state index contributed by atoms with van der Waals surface area (Å²) in [6, 6.07) is 6.81. The zero-order chi connectivity index (χ0) is 19.1. The quantitative estimate of drug-likeness (QED) is 0.587. The average molecular weight is 374 g/mol. The molecule has 0 spiro atoms. The number of likely N-dealkylation sites (tertiary alicyclic amines) is 1. The maximum atomic E-state index is 6.04. The molecule has 0 N–H and O–H groups in total. The van der Waals surface area contributed by atoms with E-state index in [2.05, 4.69) is 54.0 Å². The van der Waals surface area contributed by atoms with Crippen LogP contribution in [-0.4, -0.2) is 81.7 Å². The number of likely N-dealkylation sites (N-methyl/N-ethyl adjacent to an activating group) is 2. The molecule has 4 heteroatoms. The van der Waals surface area contributed by atoms with Crippen LogP contribution in [0.25, 0.3) is 0 Å². The molecule has 1 unspecified atom stereocenters. The second-order valence-electron chi connectivity index (χ2n) is 8.86. The van der Waals surface area contributed by atoms with Gasteiger partial charge in [-0.3, -0.25) is 0 Å². The number of rotatable bonds is 10. The smallest absolute Gasteiger partial charge is 0.119 e. The average Bonchev–Trinajstić information content (AvgIpc) is 3.16. The van der Waals surface area contributed by atoms with Gasteiger partial charge in [0.15, 0.2) is 0 Å². The topological polar surface area (TPSA) is 19.0 Å². The van der Waals surface area contributed by atoms with Crippen molar-refractivity contribution < 1.29 is 4.74 Å². The summed E-state index contributed by atoms with van der Waals surface area (Å²) >= 11 is 0. The largest absolute Gasteiger partial charge is 0.494 e. The number of ether oxygens (including phenoxy) is 1. The summed E-state index contributed by atoms with van der Waals surface area (Å²) in [5.74, 6) is 1.91. The van der Waals surface area contributed by atoms with Crippen molar-refractivity contribution in [2.75, 3.05) is 67.0 Å². The maximum Gasteiger partial charge on any atom is 0.119 e. The molecule has 1 aromatic carbocycles. The zero-order valence-corrected chi connectivity index (χ0v) is 17.8. The third-order valence-electron chi connectivity index (χ3n) is 6.11. The normalized spacial score (nSPS) is 20.4. The highest BCUT2D eigenvalue weighted by Gasteiger charge is 2.22. The molecule has 0 amide bonds. The number of hydrogen-bond donors (Lipinski definition) is 0. The molecule has 0 radical (unpaired) electrons. The van der Waals surface area contributed by atoms with E-state index in [0.717, 1.165) is 44.3 Å². The van der Waals surface area contributed by atoms with Crippen molar-refractivity contribution in [3.05, 3.63) is 29.3 Å². The first-order chi connectivity index (χ1) is 13.1. The Morgan fingerprint density at radius 2 is 1.85 bits per heavy atom. The molecule has 2 aliphatic rings. The van der Waals surface area contributed by atoms with E-state index in [1.165, 1.54) is 57.3 Å². The van der Waals surface area contributed by atoms with Gasteiger partial charge in [-0.15, -0.1) is 0 Å². The summed E-state index contributed by atoms with van der Waals surface area (Å²) in [4.78, 5) is 7.29. The Morgan fingerprint density at radius 3 is 2.63 bits per heavy atom. The highest BCUT2D eigenvalue weighted by atomic mass is 16.5. The Balaban J connectivity index is 1.38. The van der Waals surface area contributed by atoms with Crippen LogP contribution in [0.15, 0.2) is 18.2 Å². The third kappa shape index (κ3) is 6.78. The fraction of sp³-hybridized carbons (Fsp3) is 0.739. The third-order valence-corrected chi connectivity index (χ3v) is 6.11. The van der Waals surface area contributed by atoms with Crippen molar-refractivity contribution in [1.29, 1.82) is 0 Å². The Labute approximate surface area is 166 Å². The molecule has 0 saturated carbocycles. The first-order valence-electron chi connectivity index (χ1n) is 10.9. The fourth-order valence-corrected chi connectivity index (χ4v) is 4.39. The molecule has 1 aromatic rings. The molecular formula is C23H39N3O. The van der Waals surface area contributed by atoms with E-state index in [1.54, 1.807) is 5.56 Å². The highest BCUT2D eigenvalue weighted by Crippen LogP contribution is 2.29. The number of nitrogens with zero attached hydrogens (tertiary/aromatic N) is 3. The van der Waals surface area contributed by atoms with Crippen LogP contribution in [0.2, 0.25) is 0 Å². The van der Waals surface area contributed by atoms with E-state index < -0.39 is 0 Å². The van der Waals surface area contributed by atoms with E-state index in [9.17, 15) is 0 Å². The van der Waals surface area contributed by atoms with Crippen molar-refractivity contribution in [3.63, 3.8) is 0 Å². The van der Waals surface area contributed by atoms with Crippen molar-refractivity contribution in [2.45, 2.75) is 38.5 Å². The Kier molecular flexibility index (Phi) is 7.98. The summed E-state index contributed by atoms with van der Waals surface area (Å²) in [5.41, 5.74) is 3.08. The minimum Gasteiger partial charge on any atom is -0.494 e. The van der Waals surface area contributed by atoms with Gasteiger partial charge in [0.1, 0.15) is 5.75 Å². The molecule has 4 nitrogen and oxygen atoms in total. The Bertz CT molecular complexity index is 569. The van der Waals surface area contributed by atoms with Crippen LogP contribution in [0.4, 0.5) is 0 Å². The molecule has 1 atom stereocenters. The van der Waals surface area contributed by atoms with Gasteiger partial charge in [-0.25, -0.2) is 0 Å². The molecule has 27 heavy (non-hydrogen) atoms. The molecule has 1 aliphatic heterocycles. The van der Waals surface area contributed by atoms with Gasteiger partial charge in [-0.2, -0.15) is 0 Å². The van der Waals surface area contributed by atoms with E-state index >= 15 is 0 Å². The minimum absolute atomic E-state index is 0.808. The van der Waals surface area contributed by atoms with Crippen molar-refractivity contribution >= 4 is 0 Å². The summed E-state index contributed by atoms with van der Waals surface area (Å²) < 4.78 is 6.04. The molecule has 0 aromatic heterocycles. The van der Waals surface area contributed by atoms with Gasteiger partial charge in [-0.05, 0) is 102 Å². The minimum atomic E-state index is 0.808. The van der Waals surface area contributed by atoms with Gasteiger partial charge in [-0.1, -0.05) is 6.07 Å². The molecule has 1 fully saturated rings. The molecule has 1 aliphatic carbocycles. The second-order valence-corrected chi connectivity index (χ2v) is 8.86. The van der Waals surface area contributed by atoms with E-state index in [0.29, 0.717) is 0 Å². The number of hydrogen-bond acceptors (Lipinski definition) is 4. The number of aryl methyl sites for hydroxylation is 1. The van der Waals surface area contributed by atoms with Gasteiger partial charge >= 0.3 is 0 Å². The number of benzene rings is 1. The lowest BCUT2D eigenvalue weighted by atomic mass is 9.83. The molecule has 152 valence electrons. The molecule has 3 rings (SSSR count). The first kappa shape index (κ1) is 20.6. The summed E-state index contributed by atoms with van der Waals surface area (Å²) in [6.07, 6.45) is 7.69. The standard InChI is InChI=1S/C23H39N3O/c1-24(2)14-15-25(3)11-6-16-27-23-10-9-21-17-20(7-8-22(21)18-23)19-26-12-4-5-13-26/h9-10,18,20H,4-8,11-17,19H2,1-3H3. The Hall–Kier alpha value is -1.10. The van der Waals surface area contributed by atoms with Crippen LogP contribution in [0.5, 0.6) is 5.75 Å². The van der Waals surface area contributed by atoms with E-state index in [-0.39, 0.29) is 0 Å².